The van der Waals surface area contributed by atoms with Gasteiger partial charge in [0.05, 0.1) is 6.42 Å². The van der Waals surface area contributed by atoms with Crippen LogP contribution >= 0.6 is 0 Å². The molecule has 1 saturated carbocycles. The van der Waals surface area contributed by atoms with Crippen LogP contribution in [0.1, 0.15) is 77.3 Å². The lowest BCUT2D eigenvalue weighted by Gasteiger charge is -2.26. The summed E-state index contributed by atoms with van der Waals surface area (Å²) < 4.78 is 0. The topological polar surface area (TPSA) is 122 Å². The molecule has 5 N–H and O–H groups in total. The van der Waals surface area contributed by atoms with E-state index in [-0.39, 0.29) is 12.3 Å². The predicted octanol–water partition coefficient (Wildman–Crippen LogP) is 2.39. The van der Waals surface area contributed by atoms with Crippen LogP contribution in [0.5, 0.6) is 0 Å². The van der Waals surface area contributed by atoms with Crippen LogP contribution in [0.15, 0.2) is 24.3 Å². The first kappa shape index (κ1) is 27.4. The van der Waals surface area contributed by atoms with Gasteiger partial charge in [0.25, 0.3) is 0 Å². The van der Waals surface area contributed by atoms with Crippen molar-refractivity contribution in [2.45, 2.75) is 89.8 Å². The highest BCUT2D eigenvalue weighted by molar-refractivity contribution is 5.92. The van der Waals surface area contributed by atoms with Crippen LogP contribution in [0.4, 0.5) is 0 Å². The van der Waals surface area contributed by atoms with Gasteiger partial charge in [-0.2, -0.15) is 0 Å². The molecule has 2 atom stereocenters. The monoisotopic (exact) mass is 468 g/mol. The molecule has 0 bridgehead atoms. The molecule has 1 aromatic carbocycles. The molecule has 1 fully saturated rings. The van der Waals surface area contributed by atoms with E-state index >= 15 is 0 Å². The summed E-state index contributed by atoms with van der Waals surface area (Å²) in [6, 6.07) is 6.67. The van der Waals surface area contributed by atoms with Crippen molar-refractivity contribution in [2.24, 2.45) is 11.7 Å². The van der Waals surface area contributed by atoms with Gasteiger partial charge in [-0.25, -0.2) is 0 Å². The van der Waals surface area contributed by atoms with Gasteiger partial charge in [-0.15, -0.1) is 0 Å². The van der Waals surface area contributed by atoms with Crippen LogP contribution in [0, 0.1) is 24.2 Å². The number of hydrogen-bond donors (Lipinski definition) is 4. The van der Waals surface area contributed by atoms with E-state index in [4.69, 9.17) is 5.73 Å². The molecule has 1 radical (unpaired) electrons. The molecule has 3 amide bonds. The van der Waals surface area contributed by atoms with Crippen molar-refractivity contribution in [1.29, 1.82) is 0 Å². The van der Waals surface area contributed by atoms with Gasteiger partial charge in [-0.1, -0.05) is 37.3 Å². The fraction of sp³-hybridized carbons (Fsp3) is 0.556. The zero-order valence-electron chi connectivity index (χ0n) is 20.7. The molecule has 0 saturated heterocycles. The molecule has 1 aromatic rings. The maximum absolute atomic E-state index is 12.9. The largest absolute Gasteiger partial charge is 0.378 e. The fourth-order valence-corrected chi connectivity index (χ4v) is 3.71. The summed E-state index contributed by atoms with van der Waals surface area (Å²) in [6.45, 7) is 7.27. The summed E-state index contributed by atoms with van der Waals surface area (Å²) in [5.74, 6) is 4.43. The third kappa shape index (κ3) is 9.56. The highest BCUT2D eigenvalue weighted by atomic mass is 16.3. The van der Waals surface area contributed by atoms with Crippen molar-refractivity contribution in [3.63, 3.8) is 0 Å². The zero-order valence-corrected chi connectivity index (χ0v) is 20.7. The number of aliphatic hydroxyl groups is 1. The summed E-state index contributed by atoms with van der Waals surface area (Å²) in [6.07, 6.45) is 6.39. The van der Waals surface area contributed by atoms with Crippen molar-refractivity contribution < 1.29 is 19.5 Å². The van der Waals surface area contributed by atoms with E-state index in [1.165, 1.54) is 6.42 Å². The van der Waals surface area contributed by atoms with Crippen LogP contribution in [-0.2, 0) is 20.8 Å². The van der Waals surface area contributed by atoms with Gasteiger partial charge >= 0.3 is 0 Å². The number of primary amides is 1. The maximum Gasteiger partial charge on any atom is 0.243 e. The maximum atomic E-state index is 12.9. The lowest BCUT2D eigenvalue weighted by Crippen LogP contribution is -2.53. The molecule has 185 valence electrons. The number of amides is 3. The molecule has 1 aliphatic carbocycles. The van der Waals surface area contributed by atoms with Crippen LogP contribution in [0.2, 0.25) is 0 Å². The molecule has 34 heavy (non-hydrogen) atoms. The Morgan fingerprint density at radius 3 is 2.32 bits per heavy atom. The molecule has 0 heterocycles. The van der Waals surface area contributed by atoms with Crippen LogP contribution < -0.4 is 16.4 Å². The van der Waals surface area contributed by atoms with Crippen molar-refractivity contribution in [3.8, 4) is 11.8 Å². The van der Waals surface area contributed by atoms with Gasteiger partial charge in [-0.3, -0.25) is 14.4 Å². The summed E-state index contributed by atoms with van der Waals surface area (Å²) in [7, 11) is 0. The van der Waals surface area contributed by atoms with Crippen LogP contribution in [0.3, 0.4) is 0 Å². The zero-order chi connectivity index (χ0) is 25.4. The fourth-order valence-electron chi connectivity index (χ4n) is 3.71. The Bertz CT molecular complexity index is 916. The number of carbonyl (C=O) groups is 3. The third-order valence-corrected chi connectivity index (χ3v) is 5.79. The van der Waals surface area contributed by atoms with Gasteiger partial charge < -0.3 is 21.5 Å². The van der Waals surface area contributed by atoms with Gasteiger partial charge in [0.15, 0.2) is 0 Å². The number of hydrogen-bond acceptors (Lipinski definition) is 4. The minimum Gasteiger partial charge on any atom is -0.378 e. The number of benzene rings is 1. The highest BCUT2D eigenvalue weighted by Gasteiger charge is 2.27. The van der Waals surface area contributed by atoms with Crippen LogP contribution in [-0.4, -0.2) is 40.0 Å². The second-order valence-electron chi connectivity index (χ2n) is 10.3. The Balaban J connectivity index is 2.07. The molecule has 1 aliphatic rings. The Labute approximate surface area is 203 Å². The van der Waals surface area contributed by atoms with Gasteiger partial charge in [0, 0.05) is 23.4 Å². The molecule has 2 rings (SSSR count). The molecule has 7 nitrogen and oxygen atoms in total. The van der Waals surface area contributed by atoms with Crippen molar-refractivity contribution in [2.75, 3.05) is 0 Å². The van der Waals surface area contributed by atoms with E-state index in [2.05, 4.69) is 22.5 Å². The van der Waals surface area contributed by atoms with Crippen molar-refractivity contribution in [1.82, 2.24) is 10.6 Å². The number of nitrogens with one attached hydrogen (secondary N) is 2. The SMILES string of the molecule is CC(C[CH]C(=O)NC(Cc1ccc(C#CC2(O)CCCCC2)cc1)C(=O)NC(C)(C)C)C(N)=O. The third-order valence-electron chi connectivity index (χ3n) is 5.79. The normalized spacial score (nSPS) is 17.0. The van der Waals surface area contributed by atoms with Crippen LogP contribution in [0.25, 0.3) is 0 Å². The van der Waals surface area contributed by atoms with Crippen molar-refractivity contribution in [3.05, 3.63) is 41.8 Å². The number of nitrogens with two attached hydrogens (primary N) is 1. The molecular weight excluding hydrogens is 430 g/mol. The average Bonchev–Trinajstić information content (AvgIpc) is 2.75. The van der Waals surface area contributed by atoms with E-state index in [0.29, 0.717) is 19.3 Å². The molecule has 0 aromatic heterocycles. The summed E-state index contributed by atoms with van der Waals surface area (Å²) in [4.78, 5) is 36.5. The molecule has 7 heteroatoms. The molecular formula is C27H38N3O4. The molecule has 2 unspecified atom stereocenters. The Hall–Kier alpha value is -2.85. The summed E-state index contributed by atoms with van der Waals surface area (Å²) >= 11 is 0. The second-order valence-corrected chi connectivity index (χ2v) is 10.3. The minimum absolute atomic E-state index is 0.203. The average molecular weight is 469 g/mol. The summed E-state index contributed by atoms with van der Waals surface area (Å²) in [5, 5.41) is 16.2. The van der Waals surface area contributed by atoms with E-state index in [1.807, 2.05) is 45.0 Å². The first-order valence-electron chi connectivity index (χ1n) is 12.0. The van der Waals surface area contributed by atoms with E-state index in [9.17, 15) is 19.5 Å². The van der Waals surface area contributed by atoms with E-state index in [0.717, 1.165) is 30.4 Å². The van der Waals surface area contributed by atoms with Gasteiger partial charge in [0.1, 0.15) is 11.6 Å². The lowest BCUT2D eigenvalue weighted by molar-refractivity contribution is -0.128. The second kappa shape index (κ2) is 12.0. The smallest absolute Gasteiger partial charge is 0.243 e. The van der Waals surface area contributed by atoms with Crippen molar-refractivity contribution >= 4 is 17.7 Å². The summed E-state index contributed by atoms with van der Waals surface area (Å²) in [5.41, 5.74) is 5.54. The first-order valence-corrected chi connectivity index (χ1v) is 12.0. The Morgan fingerprint density at radius 2 is 1.76 bits per heavy atom. The molecule has 0 aliphatic heterocycles. The quantitative estimate of drug-likeness (QED) is 0.438. The Kier molecular flexibility index (Phi) is 9.69. The van der Waals surface area contributed by atoms with E-state index in [1.54, 1.807) is 6.92 Å². The molecule has 0 spiro atoms. The lowest BCUT2D eigenvalue weighted by atomic mass is 9.85. The van der Waals surface area contributed by atoms with Gasteiger partial charge in [-0.05, 0) is 70.6 Å². The predicted molar refractivity (Wildman–Crippen MR) is 132 cm³/mol. The standard InChI is InChI=1S/C27H38N3O4/c1-19(24(28)32)8-13-23(31)29-22(25(33)30-26(2,3)4)18-21-11-9-20(10-12-21)14-17-27(34)15-6-5-7-16-27/h9-13,19,22,34H,5-8,15-16,18H2,1-4H3,(H2,28,32)(H,29,31)(H,30,33). The first-order chi connectivity index (χ1) is 15.9. The highest BCUT2D eigenvalue weighted by Crippen LogP contribution is 2.27. The number of rotatable bonds is 8. The van der Waals surface area contributed by atoms with Gasteiger partial charge in [0.2, 0.25) is 17.7 Å². The Morgan fingerprint density at radius 1 is 1.15 bits per heavy atom. The van der Waals surface area contributed by atoms with E-state index < -0.39 is 34.9 Å². The number of carbonyl (C=O) groups excluding carboxylic acids is 3. The minimum atomic E-state index is -0.903.